The molecule has 0 spiro atoms. The minimum atomic E-state index is -0.179. The molecule has 0 aliphatic heterocycles. The van der Waals surface area contributed by atoms with Crippen LogP contribution in [0, 0.1) is 5.82 Å². The Morgan fingerprint density at radius 1 is 1.39 bits per heavy atom. The highest BCUT2D eigenvalue weighted by atomic mass is 32.2. The minimum absolute atomic E-state index is 0.179. The van der Waals surface area contributed by atoms with Crippen molar-refractivity contribution >= 4 is 11.8 Å². The van der Waals surface area contributed by atoms with Gasteiger partial charge in [-0.3, -0.25) is 0 Å². The maximum absolute atomic E-state index is 12.8. The van der Waals surface area contributed by atoms with Gasteiger partial charge in [0.25, 0.3) is 0 Å². The molecule has 0 bridgehead atoms. The minimum Gasteiger partial charge on any atom is -0.313 e. The number of benzene rings is 1. The smallest absolute Gasteiger partial charge is 0.123 e. The van der Waals surface area contributed by atoms with E-state index in [9.17, 15) is 4.39 Å². The van der Waals surface area contributed by atoms with Crippen LogP contribution in [-0.4, -0.2) is 18.3 Å². The van der Waals surface area contributed by atoms with Crippen molar-refractivity contribution in [3.05, 3.63) is 42.2 Å². The predicted octanol–water partition coefficient (Wildman–Crippen LogP) is 4.25. The summed E-state index contributed by atoms with van der Waals surface area (Å²) in [6, 6.07) is 7.12. The molecule has 0 fully saturated rings. The van der Waals surface area contributed by atoms with Gasteiger partial charge in [-0.05, 0) is 50.6 Å². The van der Waals surface area contributed by atoms with Crippen molar-refractivity contribution in [2.75, 3.05) is 12.3 Å². The number of hydrogen-bond acceptors (Lipinski definition) is 2. The monoisotopic (exact) mass is 267 g/mol. The number of halogens is 1. The molecule has 1 rings (SSSR count). The lowest BCUT2D eigenvalue weighted by Crippen LogP contribution is -2.32. The molecule has 1 aromatic carbocycles. The first-order valence-electron chi connectivity index (χ1n) is 6.38. The van der Waals surface area contributed by atoms with Gasteiger partial charge in [-0.1, -0.05) is 12.5 Å². The lowest BCUT2D eigenvalue weighted by molar-refractivity contribution is 0.549. The molecule has 3 heteroatoms. The Labute approximate surface area is 114 Å². The van der Waals surface area contributed by atoms with E-state index in [1.165, 1.54) is 17.7 Å². The number of rotatable bonds is 8. The summed E-state index contributed by atoms with van der Waals surface area (Å²) in [6.07, 6.45) is 2.13. The van der Waals surface area contributed by atoms with Gasteiger partial charge in [-0.25, -0.2) is 4.39 Å². The molecule has 0 amide bonds. The third-order valence-corrected chi connectivity index (χ3v) is 3.72. The number of thioether (sulfide) groups is 1. The van der Waals surface area contributed by atoms with Crippen LogP contribution in [0.5, 0.6) is 0 Å². The molecule has 1 unspecified atom stereocenters. The van der Waals surface area contributed by atoms with Crippen LogP contribution in [0.4, 0.5) is 4.39 Å². The third-order valence-electron chi connectivity index (χ3n) is 2.54. The number of hydrogen-bond donors (Lipinski definition) is 1. The molecule has 0 heterocycles. The van der Waals surface area contributed by atoms with Crippen LogP contribution < -0.4 is 5.32 Å². The second-order valence-electron chi connectivity index (χ2n) is 4.58. The molecule has 1 N–H and O–H groups in total. The molecule has 0 saturated heterocycles. The van der Waals surface area contributed by atoms with E-state index in [0.717, 1.165) is 30.0 Å². The maximum Gasteiger partial charge on any atom is 0.123 e. The molecule has 0 radical (unpaired) electrons. The van der Waals surface area contributed by atoms with Gasteiger partial charge in [0.05, 0.1) is 0 Å². The van der Waals surface area contributed by atoms with Crippen LogP contribution >= 0.6 is 11.8 Å². The first kappa shape index (κ1) is 15.3. The molecule has 0 aromatic heterocycles. The van der Waals surface area contributed by atoms with Crippen LogP contribution in [0.1, 0.15) is 26.7 Å². The fourth-order valence-electron chi connectivity index (χ4n) is 1.69. The second kappa shape index (κ2) is 8.33. The summed E-state index contributed by atoms with van der Waals surface area (Å²) in [7, 11) is 0. The highest BCUT2D eigenvalue weighted by Crippen LogP contribution is 2.20. The maximum atomic E-state index is 12.8. The van der Waals surface area contributed by atoms with E-state index in [1.807, 2.05) is 12.1 Å². The summed E-state index contributed by atoms with van der Waals surface area (Å²) in [4.78, 5) is 1.11. The van der Waals surface area contributed by atoms with Crippen molar-refractivity contribution in [2.45, 2.75) is 37.6 Å². The van der Waals surface area contributed by atoms with Gasteiger partial charge in [0.2, 0.25) is 0 Å². The van der Waals surface area contributed by atoms with Crippen molar-refractivity contribution in [1.82, 2.24) is 5.32 Å². The quantitative estimate of drug-likeness (QED) is 0.558. The topological polar surface area (TPSA) is 12.0 Å². The molecule has 100 valence electrons. The molecular formula is C15H22FNS. The van der Waals surface area contributed by atoms with Gasteiger partial charge in [-0.2, -0.15) is 0 Å². The SMILES string of the molecule is C=C(C)CC(CSc1ccc(F)cc1)NCCC. The molecule has 0 saturated carbocycles. The summed E-state index contributed by atoms with van der Waals surface area (Å²) < 4.78 is 12.8. The average molecular weight is 267 g/mol. The van der Waals surface area contributed by atoms with E-state index >= 15 is 0 Å². The van der Waals surface area contributed by atoms with Gasteiger partial charge in [0, 0.05) is 16.7 Å². The fraction of sp³-hybridized carbons (Fsp3) is 0.467. The Balaban J connectivity index is 2.44. The standard InChI is InChI=1S/C15H22FNS/c1-4-9-17-14(10-12(2)3)11-18-15-7-5-13(16)6-8-15/h5-8,14,17H,2,4,9-11H2,1,3H3. The summed E-state index contributed by atoms with van der Waals surface area (Å²) in [5.41, 5.74) is 1.20. The van der Waals surface area contributed by atoms with E-state index in [0.29, 0.717) is 6.04 Å². The normalized spacial score (nSPS) is 12.4. The van der Waals surface area contributed by atoms with Crippen LogP contribution in [0.25, 0.3) is 0 Å². The average Bonchev–Trinajstić information content (AvgIpc) is 2.34. The first-order chi connectivity index (χ1) is 8.61. The molecular weight excluding hydrogens is 245 g/mol. The van der Waals surface area contributed by atoms with E-state index in [-0.39, 0.29) is 5.82 Å². The van der Waals surface area contributed by atoms with E-state index in [1.54, 1.807) is 11.8 Å². The molecule has 1 aromatic rings. The Morgan fingerprint density at radius 3 is 2.61 bits per heavy atom. The van der Waals surface area contributed by atoms with E-state index in [4.69, 9.17) is 0 Å². The molecule has 18 heavy (non-hydrogen) atoms. The lowest BCUT2D eigenvalue weighted by Gasteiger charge is -2.18. The van der Waals surface area contributed by atoms with E-state index < -0.39 is 0 Å². The molecule has 0 aliphatic carbocycles. The third kappa shape index (κ3) is 6.22. The van der Waals surface area contributed by atoms with Crippen molar-refractivity contribution in [3.8, 4) is 0 Å². The highest BCUT2D eigenvalue weighted by molar-refractivity contribution is 7.99. The Bertz CT molecular complexity index is 361. The Kier molecular flexibility index (Phi) is 7.06. The van der Waals surface area contributed by atoms with Gasteiger partial charge < -0.3 is 5.32 Å². The van der Waals surface area contributed by atoms with Crippen molar-refractivity contribution in [2.24, 2.45) is 0 Å². The molecule has 1 atom stereocenters. The van der Waals surface area contributed by atoms with Crippen LogP contribution in [0.3, 0.4) is 0 Å². The van der Waals surface area contributed by atoms with Crippen LogP contribution in [0.15, 0.2) is 41.3 Å². The van der Waals surface area contributed by atoms with Crippen LogP contribution in [0.2, 0.25) is 0 Å². The zero-order valence-corrected chi connectivity index (χ0v) is 12.0. The zero-order chi connectivity index (χ0) is 13.4. The van der Waals surface area contributed by atoms with Gasteiger partial charge >= 0.3 is 0 Å². The highest BCUT2D eigenvalue weighted by Gasteiger charge is 2.08. The fourth-order valence-corrected chi connectivity index (χ4v) is 2.64. The summed E-state index contributed by atoms with van der Waals surface area (Å²) in [5, 5.41) is 3.53. The second-order valence-corrected chi connectivity index (χ2v) is 5.67. The molecule has 1 nitrogen and oxygen atoms in total. The van der Waals surface area contributed by atoms with Gasteiger partial charge in [0.1, 0.15) is 5.82 Å². The Hall–Kier alpha value is -0.800. The number of nitrogens with one attached hydrogen (secondary N) is 1. The van der Waals surface area contributed by atoms with Gasteiger partial charge in [-0.15, -0.1) is 18.3 Å². The summed E-state index contributed by atoms with van der Waals surface area (Å²) in [5.74, 6) is 0.806. The Morgan fingerprint density at radius 2 is 2.06 bits per heavy atom. The first-order valence-corrected chi connectivity index (χ1v) is 7.36. The zero-order valence-electron chi connectivity index (χ0n) is 11.2. The predicted molar refractivity (Wildman–Crippen MR) is 78.6 cm³/mol. The van der Waals surface area contributed by atoms with Gasteiger partial charge in [0.15, 0.2) is 0 Å². The van der Waals surface area contributed by atoms with Crippen molar-refractivity contribution in [1.29, 1.82) is 0 Å². The summed E-state index contributed by atoms with van der Waals surface area (Å²) >= 11 is 1.76. The van der Waals surface area contributed by atoms with Crippen LogP contribution in [-0.2, 0) is 0 Å². The van der Waals surface area contributed by atoms with Crippen molar-refractivity contribution in [3.63, 3.8) is 0 Å². The lowest BCUT2D eigenvalue weighted by atomic mass is 10.1. The van der Waals surface area contributed by atoms with E-state index in [2.05, 4.69) is 25.7 Å². The molecule has 0 aliphatic rings. The summed E-state index contributed by atoms with van der Waals surface area (Å²) in [6.45, 7) is 9.22. The largest absolute Gasteiger partial charge is 0.313 e. The van der Waals surface area contributed by atoms with Crippen molar-refractivity contribution < 1.29 is 4.39 Å².